The van der Waals surface area contributed by atoms with E-state index in [-0.39, 0.29) is 0 Å². The molecule has 0 aliphatic heterocycles. The van der Waals surface area contributed by atoms with Crippen molar-refractivity contribution in [1.82, 2.24) is 19.9 Å². The Morgan fingerprint density at radius 1 is 1.33 bits per heavy atom. The fourth-order valence-corrected chi connectivity index (χ4v) is 1.89. The average Bonchev–Trinajstić information content (AvgIpc) is 3.15. The second-order valence-electron chi connectivity index (χ2n) is 4.04. The minimum atomic E-state index is 0.413. The van der Waals surface area contributed by atoms with Gasteiger partial charge in [-0.15, -0.1) is 0 Å². The van der Waals surface area contributed by atoms with E-state index in [9.17, 15) is 0 Å². The molecule has 0 aliphatic rings. The van der Waals surface area contributed by atoms with Crippen molar-refractivity contribution in [2.45, 2.75) is 0 Å². The molecule has 3 rings (SSSR count). The van der Waals surface area contributed by atoms with E-state index in [1.807, 2.05) is 24.3 Å². The minimum absolute atomic E-state index is 0.413. The summed E-state index contributed by atoms with van der Waals surface area (Å²) >= 11 is 5.17. The van der Waals surface area contributed by atoms with E-state index < -0.39 is 0 Å². The maximum Gasteiger partial charge on any atom is 0.216 e. The summed E-state index contributed by atoms with van der Waals surface area (Å²) in [5.41, 5.74) is 0.831. The first kappa shape index (κ1) is 13.2. The smallest absolute Gasteiger partial charge is 0.216 e. The van der Waals surface area contributed by atoms with Gasteiger partial charge in [-0.25, -0.2) is 5.10 Å². The molecule has 0 saturated heterocycles. The van der Waals surface area contributed by atoms with Gasteiger partial charge in [0.15, 0.2) is 5.82 Å². The van der Waals surface area contributed by atoms with E-state index in [1.54, 1.807) is 41.7 Å². The Kier molecular flexibility index (Phi) is 3.83. The van der Waals surface area contributed by atoms with Crippen molar-refractivity contribution in [2.24, 2.45) is 5.10 Å². The highest BCUT2D eigenvalue weighted by atomic mass is 32.1. The van der Waals surface area contributed by atoms with Crippen LogP contribution in [0.1, 0.15) is 5.76 Å². The molecule has 0 fully saturated rings. The number of hydrogen-bond donors (Lipinski definition) is 1. The largest absolute Gasteiger partial charge is 0.465 e. The van der Waals surface area contributed by atoms with E-state index in [0.717, 1.165) is 11.3 Å². The van der Waals surface area contributed by atoms with Crippen LogP contribution in [0.2, 0.25) is 0 Å². The van der Waals surface area contributed by atoms with Crippen molar-refractivity contribution >= 4 is 24.5 Å². The van der Waals surface area contributed by atoms with Gasteiger partial charge in [0.25, 0.3) is 0 Å². The molecule has 104 valence electrons. The number of aromatic nitrogens is 4. The fourth-order valence-electron chi connectivity index (χ4n) is 1.71. The average molecular weight is 297 g/mol. The van der Waals surface area contributed by atoms with E-state index >= 15 is 0 Å². The molecular formula is C14H11N5OS. The van der Waals surface area contributed by atoms with Crippen LogP contribution in [0, 0.1) is 4.77 Å². The van der Waals surface area contributed by atoms with Crippen molar-refractivity contribution in [1.29, 1.82) is 0 Å². The molecule has 0 atom stereocenters. The quantitative estimate of drug-likeness (QED) is 0.593. The van der Waals surface area contributed by atoms with Gasteiger partial charge in [-0.1, -0.05) is 0 Å². The van der Waals surface area contributed by atoms with E-state index in [4.69, 9.17) is 16.6 Å². The first-order valence-electron chi connectivity index (χ1n) is 6.17. The molecule has 0 spiro atoms. The van der Waals surface area contributed by atoms with Crippen LogP contribution in [0.3, 0.4) is 0 Å². The molecule has 0 amide bonds. The zero-order valence-electron chi connectivity index (χ0n) is 10.9. The van der Waals surface area contributed by atoms with Gasteiger partial charge in [0.05, 0.1) is 6.26 Å². The van der Waals surface area contributed by atoms with Crippen LogP contribution in [0.15, 0.2) is 58.5 Å². The van der Waals surface area contributed by atoms with Crippen LogP contribution in [0.25, 0.3) is 17.5 Å². The van der Waals surface area contributed by atoms with Crippen LogP contribution >= 0.6 is 12.2 Å². The second-order valence-corrected chi connectivity index (χ2v) is 4.43. The van der Waals surface area contributed by atoms with Crippen LogP contribution in [-0.4, -0.2) is 26.1 Å². The van der Waals surface area contributed by atoms with Crippen molar-refractivity contribution in [3.8, 4) is 11.4 Å². The summed E-state index contributed by atoms with van der Waals surface area (Å²) in [6.07, 6.45) is 10.2. The van der Waals surface area contributed by atoms with Crippen molar-refractivity contribution < 1.29 is 4.42 Å². The summed E-state index contributed by atoms with van der Waals surface area (Å²) < 4.78 is 7.14. The Bertz CT molecular complexity index is 815. The number of pyridine rings is 1. The van der Waals surface area contributed by atoms with Gasteiger partial charge < -0.3 is 4.42 Å². The molecule has 0 aliphatic carbocycles. The molecule has 3 heterocycles. The first-order chi connectivity index (χ1) is 10.3. The van der Waals surface area contributed by atoms with Gasteiger partial charge in [-0.05, 0) is 48.6 Å². The van der Waals surface area contributed by atoms with Crippen LogP contribution in [0.4, 0.5) is 0 Å². The number of aromatic amines is 1. The van der Waals surface area contributed by atoms with Crippen molar-refractivity contribution in [2.75, 3.05) is 0 Å². The van der Waals surface area contributed by atoms with Gasteiger partial charge in [-0.2, -0.15) is 14.9 Å². The van der Waals surface area contributed by atoms with Crippen LogP contribution < -0.4 is 0 Å². The minimum Gasteiger partial charge on any atom is -0.465 e. The number of allylic oxidation sites excluding steroid dienone is 1. The third kappa shape index (κ3) is 3.03. The summed E-state index contributed by atoms with van der Waals surface area (Å²) in [5, 5.41) is 11.2. The molecule has 0 radical (unpaired) electrons. The lowest BCUT2D eigenvalue weighted by atomic mass is 10.3. The standard InChI is InChI=1S/C14H11N5OS/c21-14-18-17-13(11-4-1-7-15-10-11)19(14)16-8-2-5-12-6-3-9-20-12/h1-10H,(H,18,21)/b5-2+,16-8-. The summed E-state index contributed by atoms with van der Waals surface area (Å²) in [5.74, 6) is 1.36. The van der Waals surface area contributed by atoms with Gasteiger partial charge in [0.1, 0.15) is 5.76 Å². The molecule has 0 unspecified atom stereocenters. The van der Waals surface area contributed by atoms with Gasteiger partial charge in [0.2, 0.25) is 4.77 Å². The Morgan fingerprint density at radius 3 is 3.05 bits per heavy atom. The maximum atomic E-state index is 5.18. The predicted molar refractivity (Wildman–Crippen MR) is 82.3 cm³/mol. The zero-order chi connectivity index (χ0) is 14.5. The normalized spacial score (nSPS) is 11.6. The Labute approximate surface area is 125 Å². The molecule has 21 heavy (non-hydrogen) atoms. The molecule has 6 nitrogen and oxygen atoms in total. The topological polar surface area (TPSA) is 72.0 Å². The van der Waals surface area contributed by atoms with E-state index in [0.29, 0.717) is 10.6 Å². The van der Waals surface area contributed by atoms with Gasteiger partial charge >= 0.3 is 0 Å². The Balaban J connectivity index is 1.86. The third-order valence-corrected chi connectivity index (χ3v) is 2.91. The molecule has 0 aromatic carbocycles. The molecule has 3 aromatic heterocycles. The predicted octanol–water partition coefficient (Wildman–Crippen LogP) is 3.14. The maximum absolute atomic E-state index is 5.18. The molecule has 0 bridgehead atoms. The monoisotopic (exact) mass is 297 g/mol. The Morgan fingerprint density at radius 2 is 2.29 bits per heavy atom. The summed E-state index contributed by atoms with van der Waals surface area (Å²) in [6.45, 7) is 0. The van der Waals surface area contributed by atoms with E-state index in [2.05, 4.69) is 20.3 Å². The summed E-state index contributed by atoms with van der Waals surface area (Å²) in [4.78, 5) is 4.06. The lowest BCUT2D eigenvalue weighted by molar-refractivity contribution is 0.557. The highest BCUT2D eigenvalue weighted by Gasteiger charge is 2.07. The van der Waals surface area contributed by atoms with E-state index in [1.165, 1.54) is 0 Å². The number of hydrogen-bond acceptors (Lipinski definition) is 5. The molecule has 1 N–H and O–H groups in total. The fraction of sp³-hybridized carbons (Fsp3) is 0. The summed E-state index contributed by atoms with van der Waals surface area (Å²) in [7, 11) is 0. The Hall–Kier alpha value is -2.80. The summed E-state index contributed by atoms with van der Waals surface area (Å²) in [6, 6.07) is 7.40. The zero-order valence-corrected chi connectivity index (χ0v) is 11.7. The number of nitrogens with one attached hydrogen (secondary N) is 1. The molecule has 3 aromatic rings. The first-order valence-corrected chi connectivity index (χ1v) is 6.58. The lowest BCUT2D eigenvalue weighted by Crippen LogP contribution is -1.93. The highest BCUT2D eigenvalue weighted by molar-refractivity contribution is 7.71. The molecule has 0 saturated carbocycles. The third-order valence-electron chi connectivity index (χ3n) is 2.64. The number of nitrogens with zero attached hydrogens (tertiary/aromatic N) is 4. The molecule has 7 heteroatoms. The van der Waals surface area contributed by atoms with Crippen molar-refractivity contribution in [3.05, 3.63) is 59.5 Å². The van der Waals surface area contributed by atoms with Crippen LogP contribution in [0.5, 0.6) is 0 Å². The number of rotatable bonds is 4. The molecular weight excluding hydrogens is 286 g/mol. The second kappa shape index (κ2) is 6.10. The lowest BCUT2D eigenvalue weighted by Gasteiger charge is -1.98. The van der Waals surface area contributed by atoms with Crippen molar-refractivity contribution in [3.63, 3.8) is 0 Å². The SMILES string of the molecule is S=c1[nH]nc(-c2cccnc2)n1/N=C\C=C\c1ccco1. The number of H-pyrrole nitrogens is 1. The van der Waals surface area contributed by atoms with Gasteiger partial charge in [0, 0.05) is 24.2 Å². The van der Waals surface area contributed by atoms with Crippen LogP contribution in [-0.2, 0) is 0 Å². The number of furan rings is 1. The van der Waals surface area contributed by atoms with Gasteiger partial charge in [-0.3, -0.25) is 4.98 Å². The highest BCUT2D eigenvalue weighted by Crippen LogP contribution is 2.15.